The van der Waals surface area contributed by atoms with Gasteiger partial charge >= 0.3 is 0 Å². The molecule has 0 saturated carbocycles. The Bertz CT molecular complexity index is 1140. The van der Waals surface area contributed by atoms with Crippen LogP contribution in [0, 0.1) is 0 Å². The van der Waals surface area contributed by atoms with Crippen LogP contribution in [0.15, 0.2) is 24.3 Å². The van der Waals surface area contributed by atoms with Gasteiger partial charge in [0.05, 0.1) is 34.5 Å². The Kier molecular flexibility index (Phi) is 4.64. The predicted octanol–water partition coefficient (Wildman–Crippen LogP) is 4.04. The third kappa shape index (κ3) is 2.63. The first-order chi connectivity index (χ1) is 14.6. The normalized spacial score (nSPS) is 20.8. The molecule has 6 nitrogen and oxygen atoms in total. The molecule has 0 unspecified atom stereocenters. The van der Waals surface area contributed by atoms with Gasteiger partial charge in [-0.15, -0.1) is 0 Å². The molecule has 1 fully saturated rings. The quantitative estimate of drug-likeness (QED) is 0.657. The SMILES string of the molecule is COc1cc2c3c(c4cc(OC)c(OC)cc4c2cc1OC)[C@H](O)[C@@H]1CCCN1C3. The van der Waals surface area contributed by atoms with Crippen molar-refractivity contribution >= 4 is 21.5 Å². The third-order valence-corrected chi connectivity index (χ3v) is 6.71. The van der Waals surface area contributed by atoms with Crippen LogP contribution in [0.4, 0.5) is 0 Å². The van der Waals surface area contributed by atoms with Gasteiger partial charge in [-0.05, 0) is 76.3 Å². The highest BCUT2D eigenvalue weighted by Crippen LogP contribution is 2.48. The van der Waals surface area contributed by atoms with Crippen LogP contribution >= 0.6 is 0 Å². The summed E-state index contributed by atoms with van der Waals surface area (Å²) >= 11 is 0. The lowest BCUT2D eigenvalue weighted by atomic mass is 9.83. The van der Waals surface area contributed by atoms with Gasteiger partial charge in [-0.25, -0.2) is 0 Å². The van der Waals surface area contributed by atoms with Crippen molar-refractivity contribution in [3.8, 4) is 23.0 Å². The molecule has 3 aromatic rings. The molecule has 2 heterocycles. The lowest BCUT2D eigenvalue weighted by molar-refractivity contribution is 0.0552. The van der Waals surface area contributed by atoms with Gasteiger partial charge in [-0.2, -0.15) is 0 Å². The van der Waals surface area contributed by atoms with E-state index in [1.165, 1.54) is 0 Å². The van der Waals surface area contributed by atoms with E-state index in [4.69, 9.17) is 18.9 Å². The number of ether oxygens (including phenoxy) is 4. The average Bonchev–Trinajstić information content (AvgIpc) is 3.26. The first-order valence-corrected chi connectivity index (χ1v) is 10.3. The lowest BCUT2D eigenvalue weighted by Crippen LogP contribution is -2.39. The Morgan fingerprint density at radius 2 is 1.27 bits per heavy atom. The highest BCUT2D eigenvalue weighted by molar-refractivity contribution is 6.13. The van der Waals surface area contributed by atoms with Crippen LogP contribution < -0.4 is 18.9 Å². The minimum absolute atomic E-state index is 0.159. The number of methoxy groups -OCH3 is 4. The summed E-state index contributed by atoms with van der Waals surface area (Å²) in [6, 6.07) is 8.21. The van der Waals surface area contributed by atoms with Crippen LogP contribution in [0.5, 0.6) is 23.0 Å². The molecule has 0 aromatic heterocycles. The van der Waals surface area contributed by atoms with Crippen molar-refractivity contribution in [3.05, 3.63) is 35.4 Å². The second-order valence-corrected chi connectivity index (χ2v) is 8.02. The molecule has 6 heteroatoms. The van der Waals surface area contributed by atoms with Crippen molar-refractivity contribution in [2.45, 2.75) is 31.5 Å². The number of fused-ring (bicyclic) bond motifs is 7. The number of hydrogen-bond acceptors (Lipinski definition) is 6. The van der Waals surface area contributed by atoms with E-state index in [2.05, 4.69) is 4.90 Å². The van der Waals surface area contributed by atoms with Crippen molar-refractivity contribution in [3.63, 3.8) is 0 Å². The van der Waals surface area contributed by atoms with Gasteiger partial charge in [0.25, 0.3) is 0 Å². The number of nitrogens with zero attached hydrogens (tertiary/aromatic N) is 1. The van der Waals surface area contributed by atoms with Crippen LogP contribution in [0.25, 0.3) is 21.5 Å². The number of aliphatic hydroxyl groups is 1. The average molecular weight is 409 g/mol. The van der Waals surface area contributed by atoms with Crippen molar-refractivity contribution in [2.24, 2.45) is 0 Å². The van der Waals surface area contributed by atoms with Crippen LogP contribution in [0.1, 0.15) is 30.1 Å². The topological polar surface area (TPSA) is 60.4 Å². The highest BCUT2D eigenvalue weighted by atomic mass is 16.5. The largest absolute Gasteiger partial charge is 0.493 e. The molecule has 3 aromatic carbocycles. The summed E-state index contributed by atoms with van der Waals surface area (Å²) in [6.45, 7) is 1.83. The maximum atomic E-state index is 11.4. The molecule has 158 valence electrons. The summed E-state index contributed by atoms with van der Waals surface area (Å²) < 4.78 is 22.4. The minimum Gasteiger partial charge on any atom is -0.493 e. The molecule has 2 aliphatic heterocycles. The fourth-order valence-corrected chi connectivity index (χ4v) is 5.29. The van der Waals surface area contributed by atoms with Gasteiger partial charge in [-0.1, -0.05) is 0 Å². The Morgan fingerprint density at radius 3 is 1.83 bits per heavy atom. The van der Waals surface area contributed by atoms with Crippen LogP contribution in [0.3, 0.4) is 0 Å². The second-order valence-electron chi connectivity index (χ2n) is 8.02. The third-order valence-electron chi connectivity index (χ3n) is 6.71. The standard InChI is InChI=1S/C24H27NO5/c1-27-19-8-13-14-9-20(28-2)22(30-4)11-16(14)23-17(15(13)10-21(19)29-3)12-25-7-5-6-18(25)24(23)26/h8-11,18,24,26H,5-7,12H2,1-4H3/t18-,24+/m0/s1. The summed E-state index contributed by atoms with van der Waals surface area (Å²) in [7, 11) is 6.57. The summed E-state index contributed by atoms with van der Waals surface area (Å²) in [5.41, 5.74) is 2.14. The monoisotopic (exact) mass is 409 g/mol. The molecule has 0 aliphatic carbocycles. The summed E-state index contributed by atoms with van der Waals surface area (Å²) in [4.78, 5) is 2.40. The Morgan fingerprint density at radius 1 is 0.767 bits per heavy atom. The number of aliphatic hydroxyl groups excluding tert-OH is 1. The molecule has 2 atom stereocenters. The van der Waals surface area contributed by atoms with Gasteiger partial charge < -0.3 is 24.1 Å². The summed E-state index contributed by atoms with van der Waals surface area (Å²) in [5.74, 6) is 2.68. The van der Waals surface area contributed by atoms with E-state index < -0.39 is 6.10 Å². The van der Waals surface area contributed by atoms with Crippen LogP contribution in [0.2, 0.25) is 0 Å². The Labute approximate surface area is 175 Å². The van der Waals surface area contributed by atoms with Gasteiger partial charge in [0.1, 0.15) is 0 Å². The van der Waals surface area contributed by atoms with E-state index in [-0.39, 0.29) is 6.04 Å². The minimum atomic E-state index is -0.547. The second kappa shape index (κ2) is 7.22. The van der Waals surface area contributed by atoms with E-state index in [9.17, 15) is 5.11 Å². The molecule has 0 radical (unpaired) electrons. The smallest absolute Gasteiger partial charge is 0.161 e. The maximum Gasteiger partial charge on any atom is 0.161 e. The Balaban J connectivity index is 1.94. The van der Waals surface area contributed by atoms with E-state index >= 15 is 0 Å². The zero-order valence-corrected chi connectivity index (χ0v) is 17.8. The molecule has 30 heavy (non-hydrogen) atoms. The summed E-state index contributed by atoms with van der Waals surface area (Å²) in [6.07, 6.45) is 1.58. The fourth-order valence-electron chi connectivity index (χ4n) is 5.29. The zero-order valence-electron chi connectivity index (χ0n) is 17.8. The van der Waals surface area contributed by atoms with Crippen molar-refractivity contribution < 1.29 is 24.1 Å². The number of rotatable bonds is 4. The molecular weight excluding hydrogens is 382 g/mol. The molecule has 2 aliphatic rings. The van der Waals surface area contributed by atoms with E-state index in [1.807, 2.05) is 24.3 Å². The number of benzene rings is 3. The van der Waals surface area contributed by atoms with E-state index in [0.29, 0.717) is 23.0 Å². The molecule has 1 saturated heterocycles. The van der Waals surface area contributed by atoms with Gasteiger partial charge in [0.15, 0.2) is 23.0 Å². The Hall–Kier alpha value is -2.70. The zero-order chi connectivity index (χ0) is 21.0. The molecular formula is C24H27NO5. The number of hydrogen-bond donors (Lipinski definition) is 1. The first kappa shape index (κ1) is 19.3. The van der Waals surface area contributed by atoms with E-state index in [0.717, 1.165) is 58.6 Å². The van der Waals surface area contributed by atoms with Gasteiger partial charge in [0.2, 0.25) is 0 Å². The maximum absolute atomic E-state index is 11.4. The van der Waals surface area contributed by atoms with Gasteiger partial charge in [-0.3, -0.25) is 4.90 Å². The molecule has 0 spiro atoms. The van der Waals surface area contributed by atoms with Crippen molar-refractivity contribution in [2.75, 3.05) is 35.0 Å². The molecule has 0 bridgehead atoms. The first-order valence-electron chi connectivity index (χ1n) is 10.3. The molecule has 5 rings (SSSR count). The van der Waals surface area contributed by atoms with Gasteiger partial charge in [0, 0.05) is 12.6 Å². The fraction of sp³-hybridized carbons (Fsp3) is 0.417. The highest BCUT2D eigenvalue weighted by Gasteiger charge is 2.39. The van der Waals surface area contributed by atoms with E-state index in [1.54, 1.807) is 28.4 Å². The van der Waals surface area contributed by atoms with Crippen molar-refractivity contribution in [1.29, 1.82) is 0 Å². The van der Waals surface area contributed by atoms with Crippen molar-refractivity contribution in [1.82, 2.24) is 4.90 Å². The summed E-state index contributed by atoms with van der Waals surface area (Å²) in [5, 5.41) is 15.6. The van der Waals surface area contributed by atoms with Crippen LogP contribution in [-0.4, -0.2) is 51.0 Å². The molecule has 1 N–H and O–H groups in total. The molecule has 0 amide bonds. The lowest BCUT2D eigenvalue weighted by Gasteiger charge is -2.37. The predicted molar refractivity (Wildman–Crippen MR) is 116 cm³/mol. The van der Waals surface area contributed by atoms with Crippen LogP contribution in [-0.2, 0) is 6.54 Å².